The molecule has 0 atom stereocenters. The maximum atomic E-state index is 12.3. The molecule has 0 bridgehead atoms. The van der Waals surface area contributed by atoms with Crippen molar-refractivity contribution in [3.05, 3.63) is 71.4 Å². The number of nitrogens with zero attached hydrogens (tertiary/aromatic N) is 3. The van der Waals surface area contributed by atoms with Gasteiger partial charge >= 0.3 is 6.03 Å². The lowest BCUT2D eigenvalue weighted by atomic mass is 10.2. The van der Waals surface area contributed by atoms with Crippen LogP contribution in [0.15, 0.2) is 65.7 Å². The van der Waals surface area contributed by atoms with Crippen LogP contribution in [0.5, 0.6) is 0 Å². The van der Waals surface area contributed by atoms with E-state index in [0.29, 0.717) is 5.69 Å². The van der Waals surface area contributed by atoms with Crippen molar-refractivity contribution in [1.82, 2.24) is 20.3 Å². The van der Waals surface area contributed by atoms with Crippen LogP contribution in [0.4, 0.5) is 10.5 Å². The van der Waals surface area contributed by atoms with E-state index in [9.17, 15) is 4.79 Å². The topological polar surface area (TPSA) is 79.8 Å². The Labute approximate surface area is 154 Å². The number of fused-ring (bicyclic) bond motifs is 1. The summed E-state index contributed by atoms with van der Waals surface area (Å²) >= 11 is 1.60. The number of rotatable bonds is 4. The van der Waals surface area contributed by atoms with Gasteiger partial charge in [0, 0.05) is 34.9 Å². The largest absolute Gasteiger partial charge is 0.332 e. The van der Waals surface area contributed by atoms with Crippen LogP contribution >= 0.6 is 11.3 Å². The van der Waals surface area contributed by atoms with E-state index in [2.05, 4.69) is 25.6 Å². The molecule has 4 rings (SSSR count). The van der Waals surface area contributed by atoms with E-state index < -0.39 is 0 Å². The molecule has 128 valence electrons. The van der Waals surface area contributed by atoms with Gasteiger partial charge in [-0.25, -0.2) is 4.79 Å². The van der Waals surface area contributed by atoms with Crippen molar-refractivity contribution in [3.63, 3.8) is 0 Å². The van der Waals surface area contributed by atoms with Crippen LogP contribution in [0, 0.1) is 0 Å². The zero-order valence-electron chi connectivity index (χ0n) is 13.7. The molecule has 26 heavy (non-hydrogen) atoms. The monoisotopic (exact) mass is 361 g/mol. The third-order valence-electron chi connectivity index (χ3n) is 3.87. The van der Waals surface area contributed by atoms with E-state index in [1.807, 2.05) is 47.2 Å². The molecule has 0 unspecified atom stereocenters. The minimum atomic E-state index is -0.315. The summed E-state index contributed by atoms with van der Waals surface area (Å²) in [7, 11) is 0. The second-order valence-electron chi connectivity index (χ2n) is 5.55. The van der Waals surface area contributed by atoms with Gasteiger partial charge in [0.25, 0.3) is 0 Å². The molecule has 0 saturated carbocycles. The summed E-state index contributed by atoms with van der Waals surface area (Å²) in [5.74, 6) is 0. The third-order valence-corrected chi connectivity index (χ3v) is 4.55. The minimum absolute atomic E-state index is 0.281. The number of pyridine rings is 1. The van der Waals surface area contributed by atoms with Crippen LogP contribution in [0.2, 0.25) is 0 Å². The maximum absolute atomic E-state index is 12.3. The van der Waals surface area contributed by atoms with Crippen molar-refractivity contribution in [3.8, 4) is 11.3 Å². The Morgan fingerprint density at radius 1 is 1.00 bits per heavy atom. The van der Waals surface area contributed by atoms with Crippen molar-refractivity contribution in [1.29, 1.82) is 0 Å². The number of nitrogens with one attached hydrogen (secondary N) is 2. The number of hydrogen-bond acceptors (Lipinski definition) is 5. The van der Waals surface area contributed by atoms with Crippen molar-refractivity contribution < 1.29 is 4.79 Å². The number of aromatic nitrogens is 3. The lowest BCUT2D eigenvalue weighted by Crippen LogP contribution is -2.29. The highest BCUT2D eigenvalue weighted by Crippen LogP contribution is 2.23. The molecule has 0 fully saturated rings. The van der Waals surface area contributed by atoms with Gasteiger partial charge in [0.05, 0.1) is 29.1 Å². The number of urea groups is 1. The Morgan fingerprint density at radius 2 is 1.88 bits per heavy atom. The quantitative estimate of drug-likeness (QED) is 0.574. The summed E-state index contributed by atoms with van der Waals surface area (Å²) in [6.07, 6.45) is 4.98. The van der Waals surface area contributed by atoms with Gasteiger partial charge in [-0.2, -0.15) is 11.3 Å². The molecular formula is C19H15N5OS. The predicted octanol–water partition coefficient (Wildman–Crippen LogP) is 4.08. The maximum Gasteiger partial charge on any atom is 0.319 e. The van der Waals surface area contributed by atoms with E-state index in [4.69, 9.17) is 0 Å². The lowest BCUT2D eigenvalue weighted by Gasteiger charge is -2.10. The van der Waals surface area contributed by atoms with Crippen LogP contribution in [0.1, 0.15) is 5.69 Å². The second-order valence-corrected chi connectivity index (χ2v) is 6.33. The summed E-state index contributed by atoms with van der Waals surface area (Å²) in [5, 5.41) is 10.7. The van der Waals surface area contributed by atoms with Crippen molar-refractivity contribution in [2.24, 2.45) is 0 Å². The number of amides is 2. The molecule has 2 amide bonds. The number of para-hydroxylation sites is 1. The SMILES string of the molecule is O=C(NCc1nccnc1-c1ccsc1)Nc1cccc2cccnc12. The lowest BCUT2D eigenvalue weighted by molar-refractivity contribution is 0.251. The van der Waals surface area contributed by atoms with Gasteiger partial charge in [-0.05, 0) is 23.6 Å². The van der Waals surface area contributed by atoms with E-state index in [1.165, 1.54) is 0 Å². The van der Waals surface area contributed by atoms with Gasteiger partial charge in [-0.15, -0.1) is 0 Å². The van der Waals surface area contributed by atoms with Crippen LogP contribution in [-0.4, -0.2) is 21.0 Å². The Morgan fingerprint density at radius 3 is 2.77 bits per heavy atom. The predicted molar refractivity (Wildman–Crippen MR) is 103 cm³/mol. The summed E-state index contributed by atoms with van der Waals surface area (Å²) in [4.78, 5) is 25.4. The Bertz CT molecular complexity index is 1040. The van der Waals surface area contributed by atoms with Gasteiger partial charge < -0.3 is 10.6 Å². The fourth-order valence-electron chi connectivity index (χ4n) is 2.67. The molecule has 2 N–H and O–H groups in total. The number of hydrogen-bond donors (Lipinski definition) is 2. The highest BCUT2D eigenvalue weighted by Gasteiger charge is 2.11. The fraction of sp³-hybridized carbons (Fsp3) is 0.0526. The van der Waals surface area contributed by atoms with E-state index in [1.54, 1.807) is 29.9 Å². The molecule has 0 radical (unpaired) electrons. The first-order chi connectivity index (χ1) is 12.8. The Hall–Kier alpha value is -3.32. The summed E-state index contributed by atoms with van der Waals surface area (Å²) in [5.41, 5.74) is 3.91. The smallest absolute Gasteiger partial charge is 0.319 e. The van der Waals surface area contributed by atoms with Crippen LogP contribution in [0.3, 0.4) is 0 Å². The molecule has 1 aromatic carbocycles. The van der Waals surface area contributed by atoms with Gasteiger partial charge in [-0.1, -0.05) is 18.2 Å². The molecule has 0 aliphatic carbocycles. The normalized spacial score (nSPS) is 10.6. The molecular weight excluding hydrogens is 346 g/mol. The van der Waals surface area contributed by atoms with E-state index >= 15 is 0 Å². The molecule has 0 aliphatic heterocycles. The standard InChI is InChI=1S/C19H15N5OS/c25-19(24-15-5-1-3-13-4-2-7-21-17(13)15)23-11-16-18(22-9-8-20-16)14-6-10-26-12-14/h1-10,12H,11H2,(H2,23,24,25). The highest BCUT2D eigenvalue weighted by molar-refractivity contribution is 7.08. The first kappa shape index (κ1) is 16.2. The van der Waals surface area contributed by atoms with Gasteiger partial charge in [0.1, 0.15) is 0 Å². The van der Waals surface area contributed by atoms with Crippen LogP contribution < -0.4 is 10.6 Å². The fourth-order valence-corrected chi connectivity index (χ4v) is 3.31. The van der Waals surface area contributed by atoms with Crippen LogP contribution in [0.25, 0.3) is 22.2 Å². The van der Waals surface area contributed by atoms with Crippen LogP contribution in [-0.2, 0) is 6.54 Å². The minimum Gasteiger partial charge on any atom is -0.332 e. The Balaban J connectivity index is 1.48. The number of carbonyl (C=O) groups excluding carboxylic acids is 1. The summed E-state index contributed by atoms with van der Waals surface area (Å²) in [6, 6.07) is 11.2. The van der Waals surface area contributed by atoms with Crippen molar-refractivity contribution in [2.75, 3.05) is 5.32 Å². The summed E-state index contributed by atoms with van der Waals surface area (Å²) in [6.45, 7) is 0.281. The van der Waals surface area contributed by atoms with Gasteiger partial charge in [0.15, 0.2) is 0 Å². The number of benzene rings is 1. The van der Waals surface area contributed by atoms with Crippen molar-refractivity contribution >= 4 is 34.0 Å². The molecule has 0 spiro atoms. The number of carbonyl (C=O) groups is 1. The number of thiophene rings is 1. The highest BCUT2D eigenvalue weighted by atomic mass is 32.1. The van der Waals surface area contributed by atoms with Gasteiger partial charge in [0.2, 0.25) is 0 Å². The molecule has 3 aromatic heterocycles. The first-order valence-electron chi connectivity index (χ1n) is 8.02. The zero-order valence-corrected chi connectivity index (χ0v) is 14.5. The molecule has 7 heteroatoms. The van der Waals surface area contributed by atoms with E-state index in [-0.39, 0.29) is 12.6 Å². The molecule has 4 aromatic rings. The second kappa shape index (κ2) is 7.28. The van der Waals surface area contributed by atoms with Crippen molar-refractivity contribution in [2.45, 2.75) is 6.54 Å². The number of anilines is 1. The van der Waals surface area contributed by atoms with E-state index in [0.717, 1.165) is 27.9 Å². The zero-order chi connectivity index (χ0) is 17.8. The average Bonchev–Trinajstić information content (AvgIpc) is 3.21. The first-order valence-corrected chi connectivity index (χ1v) is 8.96. The third kappa shape index (κ3) is 3.38. The Kier molecular flexibility index (Phi) is 4.53. The molecule has 3 heterocycles. The van der Waals surface area contributed by atoms with Gasteiger partial charge in [-0.3, -0.25) is 15.0 Å². The molecule has 0 aliphatic rings. The summed E-state index contributed by atoms with van der Waals surface area (Å²) < 4.78 is 0. The molecule has 0 saturated heterocycles. The molecule has 6 nitrogen and oxygen atoms in total. The average molecular weight is 361 g/mol.